The van der Waals surface area contributed by atoms with Crippen LogP contribution in [-0.4, -0.2) is 58.8 Å². The van der Waals surface area contributed by atoms with Crippen LogP contribution in [0.4, 0.5) is 9.18 Å². The Morgan fingerprint density at radius 3 is 2.61 bits per heavy atom. The molecule has 7 heteroatoms. The molecule has 0 aromatic heterocycles. The van der Waals surface area contributed by atoms with Gasteiger partial charge in [-0.15, -0.1) is 0 Å². The predicted octanol–water partition coefficient (Wildman–Crippen LogP) is 4.23. The highest BCUT2D eigenvalue weighted by atomic mass is 32.2. The Hall–Kier alpha value is -1.76. The summed E-state index contributed by atoms with van der Waals surface area (Å²) in [5, 5.41) is 0.0459. The Kier molecular flexibility index (Phi) is 6.53. The number of likely N-dealkylation sites (tertiary alicyclic amines) is 1. The van der Waals surface area contributed by atoms with Gasteiger partial charge < -0.3 is 9.64 Å². The van der Waals surface area contributed by atoms with Gasteiger partial charge in [-0.1, -0.05) is 18.2 Å². The molecule has 0 radical (unpaired) electrons. The minimum absolute atomic E-state index is 0.0156. The van der Waals surface area contributed by atoms with Crippen molar-refractivity contribution in [3.63, 3.8) is 0 Å². The first-order valence-electron chi connectivity index (χ1n) is 9.91. The van der Waals surface area contributed by atoms with Gasteiger partial charge in [-0.25, -0.2) is 9.18 Å². The van der Waals surface area contributed by atoms with Crippen LogP contribution in [0.1, 0.15) is 50.8 Å². The van der Waals surface area contributed by atoms with Crippen molar-refractivity contribution in [3.8, 4) is 0 Å². The lowest BCUT2D eigenvalue weighted by Crippen LogP contribution is -2.49. The molecule has 2 aliphatic rings. The number of halogens is 1. The zero-order chi connectivity index (χ0) is 20.3. The average molecular weight is 409 g/mol. The summed E-state index contributed by atoms with van der Waals surface area (Å²) in [6.45, 7) is 7.22. The molecule has 2 saturated heterocycles. The van der Waals surface area contributed by atoms with Crippen LogP contribution >= 0.6 is 11.8 Å². The summed E-state index contributed by atoms with van der Waals surface area (Å²) in [6.07, 6.45) is 1.75. The molecule has 5 nitrogen and oxygen atoms in total. The average Bonchev–Trinajstić information content (AvgIpc) is 2.99. The Morgan fingerprint density at radius 2 is 1.89 bits per heavy atom. The van der Waals surface area contributed by atoms with Crippen molar-refractivity contribution in [3.05, 3.63) is 35.6 Å². The van der Waals surface area contributed by atoms with Crippen LogP contribution in [0, 0.1) is 5.82 Å². The summed E-state index contributed by atoms with van der Waals surface area (Å²) in [6, 6.07) is 6.41. The largest absolute Gasteiger partial charge is 0.444 e. The minimum atomic E-state index is -0.584. The molecule has 0 N–H and O–H groups in total. The zero-order valence-corrected chi connectivity index (χ0v) is 17.6. The Bertz CT molecular complexity index is 722. The van der Waals surface area contributed by atoms with E-state index in [0.29, 0.717) is 38.0 Å². The van der Waals surface area contributed by atoms with Gasteiger partial charge in [0.05, 0.1) is 0 Å². The van der Waals surface area contributed by atoms with Gasteiger partial charge >= 0.3 is 6.09 Å². The lowest BCUT2D eigenvalue weighted by molar-refractivity contribution is -0.135. The molecular formula is C21H29FN2O3S. The third kappa shape index (κ3) is 4.99. The monoisotopic (exact) mass is 408 g/mol. The molecule has 0 bridgehead atoms. The molecule has 28 heavy (non-hydrogen) atoms. The van der Waals surface area contributed by atoms with E-state index >= 15 is 0 Å². The number of thioether (sulfide) groups is 1. The zero-order valence-electron chi connectivity index (χ0n) is 16.8. The number of carbonyl (C=O) groups is 2. The van der Waals surface area contributed by atoms with Crippen molar-refractivity contribution in [2.24, 2.45) is 0 Å². The highest BCUT2D eigenvalue weighted by Gasteiger charge is 2.39. The van der Waals surface area contributed by atoms with Crippen molar-refractivity contribution in [1.82, 2.24) is 9.80 Å². The van der Waals surface area contributed by atoms with E-state index in [1.54, 1.807) is 22.7 Å². The molecule has 2 fully saturated rings. The lowest BCUT2D eigenvalue weighted by atomic mass is 10.1. The fourth-order valence-corrected chi connectivity index (χ4v) is 5.00. The molecular weight excluding hydrogens is 379 g/mol. The fourth-order valence-electron chi connectivity index (χ4n) is 3.75. The molecule has 2 aliphatic heterocycles. The van der Waals surface area contributed by atoms with Crippen LogP contribution < -0.4 is 0 Å². The molecule has 2 amide bonds. The van der Waals surface area contributed by atoms with Crippen LogP contribution in [0.5, 0.6) is 0 Å². The quantitative estimate of drug-likeness (QED) is 0.735. The molecule has 0 saturated carbocycles. The molecule has 0 aliphatic carbocycles. The van der Waals surface area contributed by atoms with Gasteiger partial charge in [-0.2, -0.15) is 11.8 Å². The van der Waals surface area contributed by atoms with Crippen LogP contribution in [-0.2, 0) is 9.53 Å². The first-order valence-corrected chi connectivity index (χ1v) is 11.0. The van der Waals surface area contributed by atoms with Gasteiger partial charge in [0.15, 0.2) is 0 Å². The van der Waals surface area contributed by atoms with Gasteiger partial charge in [-0.05, 0) is 46.1 Å². The molecule has 1 aromatic carbocycles. The molecule has 2 unspecified atom stereocenters. The number of rotatable bonds is 2. The molecule has 0 spiro atoms. The number of hydrogen-bond donors (Lipinski definition) is 0. The summed E-state index contributed by atoms with van der Waals surface area (Å²) in [5.41, 5.74) is 0.123. The van der Waals surface area contributed by atoms with E-state index in [2.05, 4.69) is 0 Å². The Morgan fingerprint density at radius 1 is 1.14 bits per heavy atom. The summed E-state index contributed by atoms with van der Waals surface area (Å²) in [5.74, 6) is 0.550. The number of nitrogens with zero attached hydrogens (tertiary/aromatic N) is 2. The first-order chi connectivity index (χ1) is 13.3. The SMILES string of the molecule is CC(C)(C)OC(=O)N1CCCC1C(=O)N1CCSC(c2ccccc2F)CC1. The van der Waals surface area contributed by atoms with E-state index in [1.807, 2.05) is 37.8 Å². The Balaban J connectivity index is 1.64. The van der Waals surface area contributed by atoms with Gasteiger partial charge in [0.25, 0.3) is 0 Å². The second-order valence-electron chi connectivity index (χ2n) is 8.33. The molecule has 2 atom stereocenters. The number of carbonyl (C=O) groups excluding carboxylic acids is 2. The van der Waals surface area contributed by atoms with Gasteiger partial charge in [0.1, 0.15) is 17.5 Å². The molecule has 1 aromatic rings. The topological polar surface area (TPSA) is 49.9 Å². The van der Waals surface area contributed by atoms with E-state index in [4.69, 9.17) is 4.74 Å². The summed E-state index contributed by atoms with van der Waals surface area (Å²) >= 11 is 1.69. The Labute approximate surface area is 170 Å². The first kappa shape index (κ1) is 21.0. The van der Waals surface area contributed by atoms with Gasteiger partial charge in [0, 0.05) is 36.2 Å². The van der Waals surface area contributed by atoms with E-state index in [9.17, 15) is 14.0 Å². The minimum Gasteiger partial charge on any atom is -0.444 e. The van der Waals surface area contributed by atoms with Crippen molar-refractivity contribution in [1.29, 1.82) is 0 Å². The summed E-state index contributed by atoms with van der Waals surface area (Å²) < 4.78 is 19.6. The van der Waals surface area contributed by atoms with Crippen molar-refractivity contribution in [2.45, 2.75) is 56.9 Å². The molecule has 2 heterocycles. The number of benzene rings is 1. The highest BCUT2D eigenvalue weighted by Crippen LogP contribution is 2.36. The number of amides is 2. The highest BCUT2D eigenvalue weighted by molar-refractivity contribution is 7.99. The smallest absolute Gasteiger partial charge is 0.410 e. The maximum absolute atomic E-state index is 14.1. The van der Waals surface area contributed by atoms with Crippen LogP contribution in [0.3, 0.4) is 0 Å². The van der Waals surface area contributed by atoms with Crippen molar-refractivity contribution < 1.29 is 18.7 Å². The second-order valence-corrected chi connectivity index (χ2v) is 9.64. The second kappa shape index (κ2) is 8.72. The third-order valence-electron chi connectivity index (χ3n) is 5.07. The molecule has 3 rings (SSSR count). The summed E-state index contributed by atoms with van der Waals surface area (Å²) in [4.78, 5) is 29.0. The predicted molar refractivity (Wildman–Crippen MR) is 109 cm³/mol. The van der Waals surface area contributed by atoms with Crippen LogP contribution in [0.15, 0.2) is 24.3 Å². The standard InChI is InChI=1S/C21H29FN2O3S/c1-21(2,3)27-20(26)24-11-6-9-17(24)19(25)23-12-10-18(28-14-13-23)15-7-4-5-8-16(15)22/h4-5,7-8,17-18H,6,9-14H2,1-3H3. The van der Waals surface area contributed by atoms with Crippen LogP contribution in [0.25, 0.3) is 0 Å². The normalized spacial score (nSPS) is 23.4. The number of hydrogen-bond acceptors (Lipinski definition) is 4. The van der Waals surface area contributed by atoms with E-state index in [0.717, 1.165) is 12.2 Å². The fraction of sp³-hybridized carbons (Fsp3) is 0.619. The maximum Gasteiger partial charge on any atom is 0.410 e. The van der Waals surface area contributed by atoms with Crippen LogP contribution in [0.2, 0.25) is 0 Å². The van der Waals surface area contributed by atoms with Crippen molar-refractivity contribution in [2.75, 3.05) is 25.4 Å². The molecule has 154 valence electrons. The number of ether oxygens (including phenoxy) is 1. The van der Waals surface area contributed by atoms with Gasteiger partial charge in [0.2, 0.25) is 5.91 Å². The van der Waals surface area contributed by atoms with Gasteiger partial charge in [-0.3, -0.25) is 9.69 Å². The maximum atomic E-state index is 14.1. The third-order valence-corrected chi connectivity index (χ3v) is 6.38. The van der Waals surface area contributed by atoms with E-state index in [-0.39, 0.29) is 17.0 Å². The summed E-state index contributed by atoms with van der Waals surface area (Å²) in [7, 11) is 0. The van der Waals surface area contributed by atoms with E-state index < -0.39 is 17.7 Å². The lowest BCUT2D eigenvalue weighted by Gasteiger charge is -2.31. The van der Waals surface area contributed by atoms with E-state index in [1.165, 1.54) is 6.07 Å². The van der Waals surface area contributed by atoms with Crippen molar-refractivity contribution >= 4 is 23.8 Å².